The van der Waals surface area contributed by atoms with Gasteiger partial charge in [-0.05, 0) is 36.7 Å². The van der Waals surface area contributed by atoms with Crippen molar-refractivity contribution in [2.45, 2.75) is 32.0 Å². The molecule has 1 saturated heterocycles. The van der Waals surface area contributed by atoms with Gasteiger partial charge in [-0.25, -0.2) is 0 Å². The highest BCUT2D eigenvalue weighted by Crippen LogP contribution is 2.27. The monoisotopic (exact) mass is 218 g/mol. The molecule has 0 saturated carbocycles. The van der Waals surface area contributed by atoms with Gasteiger partial charge in [-0.2, -0.15) is 0 Å². The summed E-state index contributed by atoms with van der Waals surface area (Å²) < 4.78 is 6.10. The van der Waals surface area contributed by atoms with Crippen molar-refractivity contribution in [1.82, 2.24) is 10.6 Å². The van der Waals surface area contributed by atoms with E-state index >= 15 is 0 Å². The van der Waals surface area contributed by atoms with E-state index in [4.69, 9.17) is 4.74 Å². The smallest absolute Gasteiger partial charge is 0.120 e. The molecule has 0 bridgehead atoms. The number of benzene rings is 1. The molecule has 2 aliphatic rings. The van der Waals surface area contributed by atoms with Crippen molar-refractivity contribution in [3.05, 3.63) is 29.3 Å². The molecule has 2 aliphatic heterocycles. The molecule has 86 valence electrons. The largest absolute Gasteiger partial charge is 0.486 e. The molecular weight excluding hydrogens is 200 g/mol. The fourth-order valence-electron chi connectivity index (χ4n) is 2.50. The van der Waals surface area contributed by atoms with Crippen LogP contribution in [0.5, 0.6) is 5.75 Å². The SMILES string of the molecule is CC1(Oc2ccc3c(c2)CNC3)CCNC1. The minimum Gasteiger partial charge on any atom is -0.486 e. The number of nitrogens with one attached hydrogen (secondary N) is 2. The Hall–Kier alpha value is -1.06. The summed E-state index contributed by atoms with van der Waals surface area (Å²) in [5.41, 5.74) is 2.76. The maximum atomic E-state index is 6.10. The predicted molar refractivity (Wildman–Crippen MR) is 63.5 cm³/mol. The van der Waals surface area contributed by atoms with Crippen LogP contribution in [0.15, 0.2) is 18.2 Å². The number of hydrogen-bond donors (Lipinski definition) is 2. The lowest BCUT2D eigenvalue weighted by Crippen LogP contribution is -2.34. The van der Waals surface area contributed by atoms with Gasteiger partial charge in [0.25, 0.3) is 0 Å². The zero-order chi connectivity index (χ0) is 11.0. The number of rotatable bonds is 2. The Morgan fingerprint density at radius 1 is 1.19 bits per heavy atom. The van der Waals surface area contributed by atoms with Gasteiger partial charge in [0.15, 0.2) is 0 Å². The molecule has 2 heterocycles. The van der Waals surface area contributed by atoms with Crippen molar-refractivity contribution in [3.8, 4) is 5.75 Å². The molecule has 1 fully saturated rings. The van der Waals surface area contributed by atoms with Crippen molar-refractivity contribution in [3.63, 3.8) is 0 Å². The zero-order valence-corrected chi connectivity index (χ0v) is 9.68. The highest BCUT2D eigenvalue weighted by Gasteiger charge is 2.30. The second-order valence-electron chi connectivity index (χ2n) is 5.01. The first-order valence-corrected chi connectivity index (χ1v) is 5.97. The molecule has 16 heavy (non-hydrogen) atoms. The van der Waals surface area contributed by atoms with Crippen LogP contribution in [0.2, 0.25) is 0 Å². The summed E-state index contributed by atoms with van der Waals surface area (Å²) >= 11 is 0. The van der Waals surface area contributed by atoms with Crippen molar-refractivity contribution < 1.29 is 4.74 Å². The van der Waals surface area contributed by atoms with Gasteiger partial charge >= 0.3 is 0 Å². The molecule has 2 N–H and O–H groups in total. The maximum absolute atomic E-state index is 6.10. The summed E-state index contributed by atoms with van der Waals surface area (Å²) in [5, 5.41) is 6.70. The third kappa shape index (κ3) is 1.81. The van der Waals surface area contributed by atoms with Gasteiger partial charge in [0.05, 0.1) is 0 Å². The predicted octanol–water partition coefficient (Wildman–Crippen LogP) is 1.42. The standard InChI is InChI=1S/C13H18N2O/c1-13(4-5-14-9-13)16-12-3-2-10-7-15-8-11(10)6-12/h2-3,6,14-15H,4-5,7-9H2,1H3. The molecule has 3 rings (SSSR count). The van der Waals surface area contributed by atoms with Gasteiger partial charge in [-0.15, -0.1) is 0 Å². The quantitative estimate of drug-likeness (QED) is 0.787. The van der Waals surface area contributed by atoms with E-state index in [0.29, 0.717) is 0 Å². The number of hydrogen-bond acceptors (Lipinski definition) is 3. The van der Waals surface area contributed by atoms with Crippen LogP contribution in [-0.2, 0) is 13.1 Å². The van der Waals surface area contributed by atoms with Crippen LogP contribution >= 0.6 is 0 Å². The Morgan fingerprint density at radius 2 is 2.06 bits per heavy atom. The zero-order valence-electron chi connectivity index (χ0n) is 9.68. The fraction of sp³-hybridized carbons (Fsp3) is 0.538. The van der Waals surface area contributed by atoms with Crippen LogP contribution in [-0.4, -0.2) is 18.7 Å². The second-order valence-corrected chi connectivity index (χ2v) is 5.01. The number of fused-ring (bicyclic) bond motifs is 1. The van der Waals surface area contributed by atoms with Crippen LogP contribution < -0.4 is 15.4 Å². The lowest BCUT2D eigenvalue weighted by molar-refractivity contribution is 0.111. The van der Waals surface area contributed by atoms with Gasteiger partial charge in [0, 0.05) is 26.1 Å². The van der Waals surface area contributed by atoms with E-state index in [1.54, 1.807) is 0 Å². The minimum atomic E-state index is -0.0275. The fourth-order valence-corrected chi connectivity index (χ4v) is 2.50. The summed E-state index contributed by atoms with van der Waals surface area (Å²) in [7, 11) is 0. The minimum absolute atomic E-state index is 0.0275. The summed E-state index contributed by atoms with van der Waals surface area (Å²) in [6.07, 6.45) is 1.09. The van der Waals surface area contributed by atoms with Crippen molar-refractivity contribution >= 4 is 0 Å². The van der Waals surface area contributed by atoms with Crippen molar-refractivity contribution in [2.24, 2.45) is 0 Å². The van der Waals surface area contributed by atoms with Crippen LogP contribution in [0.3, 0.4) is 0 Å². The summed E-state index contributed by atoms with van der Waals surface area (Å²) in [4.78, 5) is 0. The van der Waals surface area contributed by atoms with Crippen LogP contribution in [0.1, 0.15) is 24.5 Å². The van der Waals surface area contributed by atoms with E-state index in [2.05, 4.69) is 35.8 Å². The molecule has 1 atom stereocenters. The van der Waals surface area contributed by atoms with Gasteiger partial charge in [0.1, 0.15) is 11.4 Å². The number of ether oxygens (including phenoxy) is 1. The van der Waals surface area contributed by atoms with E-state index in [1.807, 2.05) is 0 Å². The molecule has 0 aromatic heterocycles. The Bertz CT molecular complexity index is 397. The molecule has 1 aromatic carbocycles. The first-order chi connectivity index (χ1) is 7.75. The van der Waals surface area contributed by atoms with Gasteiger partial charge in [0.2, 0.25) is 0 Å². The first-order valence-electron chi connectivity index (χ1n) is 5.97. The second kappa shape index (κ2) is 3.75. The van der Waals surface area contributed by atoms with E-state index in [0.717, 1.165) is 38.3 Å². The lowest BCUT2D eigenvalue weighted by Gasteiger charge is -2.25. The van der Waals surface area contributed by atoms with Gasteiger partial charge < -0.3 is 15.4 Å². The van der Waals surface area contributed by atoms with E-state index < -0.39 is 0 Å². The normalized spacial score (nSPS) is 28.1. The maximum Gasteiger partial charge on any atom is 0.120 e. The highest BCUT2D eigenvalue weighted by atomic mass is 16.5. The summed E-state index contributed by atoms with van der Waals surface area (Å²) in [5.74, 6) is 1.01. The molecule has 1 unspecified atom stereocenters. The molecule has 0 amide bonds. The van der Waals surface area contributed by atoms with E-state index in [-0.39, 0.29) is 5.60 Å². The van der Waals surface area contributed by atoms with Crippen LogP contribution in [0.25, 0.3) is 0 Å². The Balaban J connectivity index is 1.80. The van der Waals surface area contributed by atoms with Crippen LogP contribution in [0, 0.1) is 0 Å². The molecule has 3 heteroatoms. The van der Waals surface area contributed by atoms with E-state index in [1.165, 1.54) is 11.1 Å². The Labute approximate surface area is 96.2 Å². The van der Waals surface area contributed by atoms with Crippen molar-refractivity contribution in [2.75, 3.05) is 13.1 Å². The van der Waals surface area contributed by atoms with Gasteiger partial charge in [-0.1, -0.05) is 6.07 Å². The van der Waals surface area contributed by atoms with Crippen molar-refractivity contribution in [1.29, 1.82) is 0 Å². The Kier molecular flexibility index (Phi) is 2.37. The van der Waals surface area contributed by atoms with Crippen LogP contribution in [0.4, 0.5) is 0 Å². The highest BCUT2D eigenvalue weighted by molar-refractivity contribution is 5.38. The molecule has 0 spiro atoms. The third-order valence-corrected chi connectivity index (χ3v) is 3.50. The summed E-state index contributed by atoms with van der Waals surface area (Å²) in [6.45, 7) is 6.15. The first kappa shape index (κ1) is 10.1. The Morgan fingerprint density at radius 3 is 2.88 bits per heavy atom. The average Bonchev–Trinajstić information content (AvgIpc) is 2.86. The molecule has 1 aromatic rings. The lowest BCUT2D eigenvalue weighted by atomic mass is 10.1. The third-order valence-electron chi connectivity index (χ3n) is 3.50. The molecule has 0 aliphatic carbocycles. The average molecular weight is 218 g/mol. The molecule has 0 radical (unpaired) electrons. The molecular formula is C13H18N2O. The molecule has 3 nitrogen and oxygen atoms in total. The summed E-state index contributed by atoms with van der Waals surface area (Å²) in [6, 6.07) is 6.45. The van der Waals surface area contributed by atoms with Gasteiger partial charge in [-0.3, -0.25) is 0 Å². The topological polar surface area (TPSA) is 33.3 Å². The van der Waals surface area contributed by atoms with E-state index in [9.17, 15) is 0 Å².